The number of benzene rings is 2. The van der Waals surface area contributed by atoms with E-state index in [1.54, 1.807) is 6.20 Å². The molecule has 0 atom stereocenters. The Bertz CT molecular complexity index is 920. The molecule has 4 nitrogen and oxygen atoms in total. The summed E-state index contributed by atoms with van der Waals surface area (Å²) in [5.41, 5.74) is 0.731. The topological polar surface area (TPSA) is 46.9 Å². The molecule has 3 aromatic rings. The van der Waals surface area contributed by atoms with Crippen molar-refractivity contribution in [3.05, 3.63) is 89.5 Å². The fraction of sp³-hybridized carbons (Fsp3) is 0.238. The number of aromatic nitrogens is 2. The highest BCUT2D eigenvalue weighted by Gasteiger charge is 2.30. The first-order chi connectivity index (χ1) is 13.4. The van der Waals surface area contributed by atoms with Gasteiger partial charge in [-0.05, 0) is 17.2 Å². The highest BCUT2D eigenvalue weighted by molar-refractivity contribution is 5.78. The van der Waals surface area contributed by atoms with Crippen LogP contribution in [0.25, 0.3) is 0 Å². The van der Waals surface area contributed by atoms with Crippen molar-refractivity contribution < 1.29 is 18.0 Å². The Morgan fingerprint density at radius 1 is 1.04 bits per heavy atom. The number of hydrogen-bond acceptors (Lipinski definition) is 2. The van der Waals surface area contributed by atoms with Crippen molar-refractivity contribution in [1.82, 2.24) is 14.9 Å². The van der Waals surface area contributed by atoms with Crippen LogP contribution in [0.3, 0.4) is 0 Å². The van der Waals surface area contributed by atoms with E-state index in [0.29, 0.717) is 25.1 Å². The molecule has 0 spiro atoms. The Morgan fingerprint density at radius 2 is 1.79 bits per heavy atom. The van der Waals surface area contributed by atoms with Crippen LogP contribution >= 0.6 is 0 Å². The Kier molecular flexibility index (Phi) is 6.13. The van der Waals surface area contributed by atoms with Crippen molar-refractivity contribution in [2.75, 3.05) is 6.54 Å². The van der Waals surface area contributed by atoms with Crippen molar-refractivity contribution >= 4 is 5.91 Å². The number of carbonyl (C=O) groups excluding carboxylic acids is 1. The third-order valence-electron chi connectivity index (χ3n) is 4.29. The Morgan fingerprint density at radius 3 is 2.54 bits per heavy atom. The average Bonchev–Trinajstić information content (AvgIpc) is 3.09. The van der Waals surface area contributed by atoms with Gasteiger partial charge in [-0.15, -0.1) is 0 Å². The van der Waals surface area contributed by atoms with Gasteiger partial charge >= 0.3 is 6.18 Å². The van der Waals surface area contributed by atoms with Crippen molar-refractivity contribution in [3.8, 4) is 0 Å². The standard InChI is InChI=1S/C21H20F3N3O/c22-21(23,24)18-8-4-7-17(13-18)14-20(28)26-10-9-19-25-11-12-27(19)15-16-5-2-1-3-6-16/h1-8,11-13H,9-10,14-15H2,(H,26,28). The number of hydrogen-bond donors (Lipinski definition) is 1. The second kappa shape index (κ2) is 8.73. The first kappa shape index (κ1) is 19.7. The zero-order chi connectivity index (χ0) is 20.0. The molecule has 0 bridgehead atoms. The number of halogens is 3. The fourth-order valence-corrected chi connectivity index (χ4v) is 2.91. The fourth-order valence-electron chi connectivity index (χ4n) is 2.91. The molecule has 7 heteroatoms. The summed E-state index contributed by atoms with van der Waals surface area (Å²) in [6.45, 7) is 1.05. The lowest BCUT2D eigenvalue weighted by Gasteiger charge is -2.10. The zero-order valence-electron chi connectivity index (χ0n) is 15.1. The van der Waals surface area contributed by atoms with Gasteiger partial charge in [-0.2, -0.15) is 13.2 Å². The lowest BCUT2D eigenvalue weighted by atomic mass is 10.1. The van der Waals surface area contributed by atoms with E-state index in [0.717, 1.165) is 23.5 Å². The first-order valence-corrected chi connectivity index (χ1v) is 8.88. The Labute approximate surface area is 161 Å². The molecule has 0 aliphatic rings. The summed E-state index contributed by atoms with van der Waals surface area (Å²) in [6.07, 6.45) is -0.381. The van der Waals surface area contributed by atoms with E-state index < -0.39 is 11.7 Å². The van der Waals surface area contributed by atoms with Gasteiger partial charge in [0.25, 0.3) is 0 Å². The van der Waals surface area contributed by atoms with Crippen LogP contribution in [0.2, 0.25) is 0 Å². The largest absolute Gasteiger partial charge is 0.416 e. The molecule has 0 fully saturated rings. The number of rotatable bonds is 7. The minimum absolute atomic E-state index is 0.0949. The number of nitrogens with zero attached hydrogens (tertiary/aromatic N) is 2. The van der Waals surface area contributed by atoms with E-state index in [2.05, 4.69) is 10.3 Å². The number of alkyl halides is 3. The van der Waals surface area contributed by atoms with E-state index in [1.165, 1.54) is 12.1 Å². The number of carbonyl (C=O) groups is 1. The van der Waals surface area contributed by atoms with Crippen molar-refractivity contribution in [1.29, 1.82) is 0 Å². The third kappa shape index (κ3) is 5.45. The van der Waals surface area contributed by atoms with Crippen LogP contribution in [-0.4, -0.2) is 22.0 Å². The maximum Gasteiger partial charge on any atom is 0.416 e. The monoisotopic (exact) mass is 387 g/mol. The highest BCUT2D eigenvalue weighted by atomic mass is 19.4. The third-order valence-corrected chi connectivity index (χ3v) is 4.29. The summed E-state index contributed by atoms with van der Waals surface area (Å²) in [6, 6.07) is 14.8. The minimum Gasteiger partial charge on any atom is -0.355 e. The molecule has 3 rings (SSSR count). The van der Waals surface area contributed by atoms with Crippen molar-refractivity contribution in [3.63, 3.8) is 0 Å². The minimum atomic E-state index is -4.41. The normalized spacial score (nSPS) is 11.4. The van der Waals surface area contributed by atoms with Crippen LogP contribution in [-0.2, 0) is 30.4 Å². The Hall–Kier alpha value is -3.09. The molecular formula is C21H20F3N3O. The zero-order valence-corrected chi connectivity index (χ0v) is 15.1. The molecule has 0 unspecified atom stereocenters. The van der Waals surface area contributed by atoms with Gasteiger partial charge in [0.05, 0.1) is 12.0 Å². The predicted octanol–water partition coefficient (Wildman–Crippen LogP) is 3.85. The second-order valence-corrected chi connectivity index (χ2v) is 6.43. The van der Waals surface area contributed by atoms with Crippen molar-refractivity contribution in [2.45, 2.75) is 25.6 Å². The van der Waals surface area contributed by atoms with Crippen LogP contribution in [0.5, 0.6) is 0 Å². The van der Waals surface area contributed by atoms with Gasteiger partial charge < -0.3 is 9.88 Å². The molecule has 2 aromatic carbocycles. The molecule has 0 saturated heterocycles. The first-order valence-electron chi connectivity index (χ1n) is 8.88. The molecule has 0 aliphatic carbocycles. The molecule has 1 heterocycles. The molecule has 146 valence electrons. The maximum absolute atomic E-state index is 12.7. The number of nitrogens with one attached hydrogen (secondary N) is 1. The van der Waals surface area contributed by atoms with Crippen LogP contribution in [0, 0.1) is 0 Å². The lowest BCUT2D eigenvalue weighted by Crippen LogP contribution is -2.28. The molecule has 0 radical (unpaired) electrons. The van der Waals surface area contributed by atoms with Gasteiger partial charge in [0.15, 0.2) is 0 Å². The molecule has 28 heavy (non-hydrogen) atoms. The van der Waals surface area contributed by atoms with Gasteiger partial charge in [-0.3, -0.25) is 4.79 Å². The molecule has 1 aromatic heterocycles. The summed E-state index contributed by atoms with van der Waals surface area (Å²) < 4.78 is 40.3. The molecular weight excluding hydrogens is 367 g/mol. The summed E-state index contributed by atoms with van der Waals surface area (Å²) in [7, 11) is 0. The second-order valence-electron chi connectivity index (χ2n) is 6.43. The molecule has 1 N–H and O–H groups in total. The quantitative estimate of drug-likeness (QED) is 0.669. The molecule has 0 aliphatic heterocycles. The summed E-state index contributed by atoms with van der Waals surface area (Å²) >= 11 is 0. The molecule has 0 saturated carbocycles. The maximum atomic E-state index is 12.7. The smallest absolute Gasteiger partial charge is 0.355 e. The van der Waals surface area contributed by atoms with E-state index in [1.807, 2.05) is 41.1 Å². The van der Waals surface area contributed by atoms with Crippen LogP contribution in [0.15, 0.2) is 67.0 Å². The van der Waals surface area contributed by atoms with E-state index in [9.17, 15) is 18.0 Å². The average molecular weight is 387 g/mol. The van der Waals surface area contributed by atoms with Crippen LogP contribution in [0.1, 0.15) is 22.5 Å². The predicted molar refractivity (Wildman–Crippen MR) is 99.6 cm³/mol. The van der Waals surface area contributed by atoms with Gasteiger partial charge in [0, 0.05) is 31.9 Å². The molecule has 1 amide bonds. The van der Waals surface area contributed by atoms with Crippen LogP contribution < -0.4 is 5.32 Å². The van der Waals surface area contributed by atoms with Gasteiger partial charge in [-0.25, -0.2) is 4.98 Å². The van der Waals surface area contributed by atoms with E-state index >= 15 is 0 Å². The van der Waals surface area contributed by atoms with E-state index in [4.69, 9.17) is 0 Å². The van der Waals surface area contributed by atoms with E-state index in [-0.39, 0.29) is 12.3 Å². The summed E-state index contributed by atoms with van der Waals surface area (Å²) in [4.78, 5) is 16.4. The number of amides is 1. The van der Waals surface area contributed by atoms with Gasteiger partial charge in [0.1, 0.15) is 5.82 Å². The van der Waals surface area contributed by atoms with Gasteiger partial charge in [-0.1, -0.05) is 48.5 Å². The Balaban J connectivity index is 1.51. The number of imidazole rings is 1. The lowest BCUT2D eigenvalue weighted by molar-refractivity contribution is -0.137. The SMILES string of the molecule is O=C(Cc1cccc(C(F)(F)F)c1)NCCc1nccn1Cc1ccccc1. The van der Waals surface area contributed by atoms with Crippen molar-refractivity contribution in [2.24, 2.45) is 0 Å². The van der Waals surface area contributed by atoms with Gasteiger partial charge in [0.2, 0.25) is 5.91 Å². The highest BCUT2D eigenvalue weighted by Crippen LogP contribution is 2.29. The summed E-state index contributed by atoms with van der Waals surface area (Å²) in [5, 5.41) is 2.75. The summed E-state index contributed by atoms with van der Waals surface area (Å²) in [5.74, 6) is 0.517. The van der Waals surface area contributed by atoms with Crippen LogP contribution in [0.4, 0.5) is 13.2 Å².